The normalized spacial score (nSPS) is 23.9. The van der Waals surface area contributed by atoms with Crippen molar-refractivity contribution in [3.8, 4) is 22.6 Å². The molecule has 39 nitrogen and oxygen atoms in total. The average Bonchev–Trinajstić information content (AvgIpc) is 1.78. The van der Waals surface area contributed by atoms with Crippen LogP contribution < -0.4 is 85.3 Å². The fourth-order valence-electron chi connectivity index (χ4n) is 14.9. The summed E-state index contributed by atoms with van der Waals surface area (Å²) in [4.78, 5) is 262. The van der Waals surface area contributed by atoms with Gasteiger partial charge in [-0.15, -0.1) is 11.8 Å². The minimum absolute atomic E-state index is 0.0179. The van der Waals surface area contributed by atoms with Crippen molar-refractivity contribution in [3.05, 3.63) is 156 Å². The summed E-state index contributed by atoms with van der Waals surface area (Å²) in [5.74, 6) is -22.2. The highest BCUT2D eigenvalue weighted by Crippen LogP contribution is 2.25. The number of phenols is 1. The Bertz CT molecular complexity index is 4930. The van der Waals surface area contributed by atoms with Crippen LogP contribution in [0, 0.1) is 23.7 Å². The smallest absolute Gasteiger partial charge is 0.305 e. The van der Waals surface area contributed by atoms with Crippen LogP contribution >= 0.6 is 11.8 Å². The predicted octanol–water partition coefficient (Wildman–Crippen LogP) is -0.523. The zero-order chi connectivity index (χ0) is 98.2. The average molecular weight is 1870 g/mol. The number of aromatic hydroxyl groups is 1. The standard InChI is InChI=1S/C93H125N17O22S/c1-49(2)37-63-80(118)101-67(41-56-28-32-60(33-29-56)59-24-17-14-18-25-59)87(125)108-78(52(7)8)93(131)109(11)54(10)92(130)110-36-20-27-73(110)90(128)104-69(44-74(94)113)84(122)99-64(38-50(3)4)86(124)107-77(51(5)6)91(129)105-71(46-111)88(126)106-72(89(127)96-53(9)79(95)117)47-133-48-75(114)97-65(40-55-21-15-13-16-22-55)81(119)100-66(42-57-30-34-61(112)35-31-57)82(120)103-70(45-76(115)116)85(123)102-68(83(121)98-63)43-58-23-19-26-62(39-58)132-12/h13-19,21-26,28-35,39,49-54,63-73,77-78,111-112H,20,27,36-38,40-48H2,1-12H3,(H2,94,113)(H2,95,117)(H,96,127)(H,97,114)(H,98,121)(H,99,122)(H,100,119)(H,101,118)(H,102,123)(H,103,120)(H,104,128)(H,105,129)(H,106,126)(H,107,124)(H,108,125)(H,115,116)/t53-,54-,63-,64-,65-,66-,67-,68-,69-,70-,71-,72-,73+,77-,78-/m0/s1. The fourth-order valence-corrected chi connectivity index (χ4v) is 15.7. The van der Waals surface area contributed by atoms with Gasteiger partial charge in [-0.3, -0.25) is 86.3 Å². The Balaban J connectivity index is 1.32. The number of fused-ring (bicyclic) bond motifs is 1. The molecule has 15 atom stereocenters. The molecule has 20 N–H and O–H groups in total. The van der Waals surface area contributed by atoms with Gasteiger partial charge in [-0.2, -0.15) is 0 Å². The summed E-state index contributed by atoms with van der Waals surface area (Å²) in [7, 11) is 2.68. The Kier molecular flexibility index (Phi) is 41.1. The van der Waals surface area contributed by atoms with Gasteiger partial charge in [-0.1, -0.05) is 165 Å². The molecule has 2 heterocycles. The van der Waals surface area contributed by atoms with Gasteiger partial charge in [0.2, 0.25) is 100 Å². The minimum atomic E-state index is -2.07. The van der Waals surface area contributed by atoms with Gasteiger partial charge in [-0.05, 0) is 121 Å². The van der Waals surface area contributed by atoms with E-state index in [2.05, 4.69) is 69.1 Å². The summed E-state index contributed by atoms with van der Waals surface area (Å²) in [6, 6.07) is 12.1. The monoisotopic (exact) mass is 1860 g/mol. The van der Waals surface area contributed by atoms with E-state index in [-0.39, 0.29) is 63.2 Å². The molecule has 2 fully saturated rings. The quantitative estimate of drug-likeness (QED) is 0.0369. The number of hydrogen-bond acceptors (Lipinski definition) is 22. The number of amides is 17. The summed E-state index contributed by atoms with van der Waals surface area (Å²) in [5.41, 5.74) is 14.4. The van der Waals surface area contributed by atoms with Crippen molar-refractivity contribution in [2.24, 2.45) is 35.1 Å². The number of methoxy groups -OCH3 is 1. The lowest BCUT2D eigenvalue weighted by Gasteiger charge is -2.34. The number of carbonyl (C=O) groups is 18. The largest absolute Gasteiger partial charge is 0.508 e. The van der Waals surface area contributed by atoms with E-state index in [1.54, 1.807) is 114 Å². The number of aliphatic hydroxyl groups is 1. The molecule has 7 rings (SSSR count). The highest BCUT2D eigenvalue weighted by molar-refractivity contribution is 8.00. The second kappa shape index (κ2) is 51.3. The van der Waals surface area contributed by atoms with E-state index in [1.165, 1.54) is 77.1 Å². The van der Waals surface area contributed by atoms with E-state index in [1.807, 2.05) is 30.3 Å². The third kappa shape index (κ3) is 33.1. The van der Waals surface area contributed by atoms with Crippen LogP contribution in [0.25, 0.3) is 11.1 Å². The first-order valence-electron chi connectivity index (χ1n) is 44.0. The molecular weight excluding hydrogens is 1740 g/mol. The van der Waals surface area contributed by atoms with Crippen LogP contribution in [0.3, 0.4) is 0 Å². The molecule has 5 aromatic carbocycles. The zero-order valence-electron chi connectivity index (χ0n) is 76.6. The van der Waals surface area contributed by atoms with E-state index in [9.17, 15) is 68.1 Å². The molecule has 5 aromatic rings. The molecule has 2 aliphatic heterocycles. The second-order valence-corrected chi connectivity index (χ2v) is 35.7. The number of thioether (sulfide) groups is 1. The third-order valence-corrected chi connectivity index (χ3v) is 23.4. The maximum absolute atomic E-state index is 15.3. The first-order chi connectivity index (χ1) is 62.9. The maximum atomic E-state index is 15.3. The number of hydrogen-bond donors (Lipinski definition) is 18. The van der Waals surface area contributed by atoms with Gasteiger partial charge in [0, 0.05) is 45.0 Å². The van der Waals surface area contributed by atoms with E-state index in [0.717, 1.165) is 16.0 Å². The van der Waals surface area contributed by atoms with Gasteiger partial charge in [0.1, 0.15) is 102 Å². The van der Waals surface area contributed by atoms with Crippen LogP contribution in [0.1, 0.15) is 130 Å². The molecule has 2 saturated heterocycles. The number of nitrogens with zero attached hydrogens (tertiary/aromatic N) is 2. The maximum Gasteiger partial charge on any atom is 0.305 e. The highest BCUT2D eigenvalue weighted by atomic mass is 32.2. The summed E-state index contributed by atoms with van der Waals surface area (Å²) >= 11 is 0.703. The number of nitrogens with two attached hydrogens (primary N) is 2. The van der Waals surface area contributed by atoms with Crippen molar-refractivity contribution in [1.29, 1.82) is 0 Å². The molecule has 0 bridgehead atoms. The predicted molar refractivity (Wildman–Crippen MR) is 490 cm³/mol. The van der Waals surface area contributed by atoms with E-state index < -0.39 is 252 Å². The topological polar surface area (TPSA) is 592 Å². The molecular formula is C93H125N17O22S. The van der Waals surface area contributed by atoms with Crippen molar-refractivity contribution < 1.29 is 106 Å². The number of ether oxygens (including phenoxy) is 1. The molecule has 0 spiro atoms. The zero-order valence-corrected chi connectivity index (χ0v) is 77.4. The number of primary amides is 2. The van der Waals surface area contributed by atoms with Crippen molar-refractivity contribution >= 4 is 118 Å². The lowest BCUT2D eigenvalue weighted by molar-refractivity contribution is -0.148. The summed E-state index contributed by atoms with van der Waals surface area (Å²) in [6.07, 6.45) is -3.29. The van der Waals surface area contributed by atoms with Crippen molar-refractivity contribution in [3.63, 3.8) is 0 Å². The number of aliphatic hydroxyl groups excluding tert-OH is 1. The fraction of sp³-hybridized carbons (Fsp3) is 0.484. The van der Waals surface area contributed by atoms with Crippen LogP contribution in [0.2, 0.25) is 0 Å². The molecule has 133 heavy (non-hydrogen) atoms. The van der Waals surface area contributed by atoms with Crippen molar-refractivity contribution in [2.45, 2.75) is 224 Å². The molecule has 0 aromatic heterocycles. The number of aliphatic carboxylic acids is 1. The third-order valence-electron chi connectivity index (χ3n) is 22.4. The van der Waals surface area contributed by atoms with Crippen LogP contribution in [0.15, 0.2) is 133 Å². The number of rotatable bonds is 24. The van der Waals surface area contributed by atoms with E-state index >= 15 is 33.6 Å². The van der Waals surface area contributed by atoms with E-state index in [4.69, 9.17) is 16.2 Å². The van der Waals surface area contributed by atoms with Crippen LogP contribution in [0.5, 0.6) is 11.5 Å². The number of nitrogens with one attached hydrogen (secondary N) is 13. The van der Waals surface area contributed by atoms with Gasteiger partial charge in [0.05, 0.1) is 32.3 Å². The number of likely N-dealkylation sites (N-methyl/N-ethyl adjacent to an activating group) is 1. The van der Waals surface area contributed by atoms with Crippen LogP contribution in [0.4, 0.5) is 0 Å². The van der Waals surface area contributed by atoms with Gasteiger partial charge >= 0.3 is 5.97 Å². The van der Waals surface area contributed by atoms with Gasteiger partial charge in [0.15, 0.2) is 0 Å². The lowest BCUT2D eigenvalue weighted by Crippen LogP contribution is -2.62. The minimum Gasteiger partial charge on any atom is -0.508 e. The van der Waals surface area contributed by atoms with Gasteiger partial charge < -0.3 is 110 Å². The highest BCUT2D eigenvalue weighted by Gasteiger charge is 2.44. The Hall–Kier alpha value is -13.5. The molecule has 0 aliphatic carbocycles. The first kappa shape index (κ1) is 107. The number of benzene rings is 5. The number of carboxylic acids is 1. The molecule has 17 amide bonds. The lowest BCUT2D eigenvalue weighted by atomic mass is 9.97. The molecule has 2 aliphatic rings. The van der Waals surface area contributed by atoms with Crippen LogP contribution in [-0.4, -0.2) is 261 Å². The van der Waals surface area contributed by atoms with Crippen molar-refractivity contribution in [1.82, 2.24) is 78.9 Å². The Morgan fingerprint density at radius 2 is 0.895 bits per heavy atom. The molecule has 0 saturated carbocycles. The molecule has 0 unspecified atom stereocenters. The van der Waals surface area contributed by atoms with Gasteiger partial charge in [-0.25, -0.2) is 0 Å². The second-order valence-electron chi connectivity index (χ2n) is 34.7. The molecule has 720 valence electrons. The Morgan fingerprint density at radius 1 is 0.474 bits per heavy atom. The van der Waals surface area contributed by atoms with Crippen LogP contribution in [-0.2, 0) is 112 Å². The van der Waals surface area contributed by atoms with E-state index in [0.29, 0.717) is 39.8 Å². The SMILES string of the molecule is COc1cccc(C[C@@H]2NC(=O)[C@H](CC(=O)O)NC(=O)[C@H](Cc3ccc(O)cc3)NC(=O)[C@H](Cc3ccccc3)NC(=O)CSC[C@@H](C(=O)N[C@@H](C)C(N)=O)NC(=O)[C@H](CO)NC(=O)[C@H](C(C)C)NC(=O)[C@H](CC(C)C)NC(=O)[C@H](CC(N)=O)NC(=O)[C@H]3CCCN3C(=O)[C@H](C)N(C)C(=O)[C@H](C(C)C)NC(=O)[C@H](Cc3ccc(-c4ccccc4)cc3)NC(=O)[C@H](CC(C)C)NC2=O)c1. The van der Waals surface area contributed by atoms with Gasteiger partial charge in [0.25, 0.3) is 0 Å². The number of carbonyl (C=O) groups excluding carboxylic acids is 17. The first-order valence-corrected chi connectivity index (χ1v) is 45.2. The van der Waals surface area contributed by atoms with Crippen molar-refractivity contribution in [2.75, 3.05) is 38.8 Å². The number of phenolic OH excluding ortho intramolecular Hbond substituents is 1. The number of carboxylic acid groups (broad SMARTS) is 1. The molecule has 0 radical (unpaired) electrons. The summed E-state index contributed by atoms with van der Waals surface area (Å²) < 4.78 is 5.49. The summed E-state index contributed by atoms with van der Waals surface area (Å²) in [5, 5.41) is 64.9. The Morgan fingerprint density at radius 3 is 1.40 bits per heavy atom. The Labute approximate surface area is 776 Å². The summed E-state index contributed by atoms with van der Waals surface area (Å²) in [6.45, 7) is 14.6. The molecule has 40 heteroatoms.